The number of hydrogen-bond acceptors (Lipinski definition) is 5. The van der Waals surface area contributed by atoms with Gasteiger partial charge in [-0.3, -0.25) is 4.79 Å². The zero-order valence-electron chi connectivity index (χ0n) is 13.5. The minimum atomic E-state index is 0.143. The van der Waals surface area contributed by atoms with Gasteiger partial charge in [0.2, 0.25) is 5.91 Å². The first-order valence-electron chi connectivity index (χ1n) is 8.66. The number of fused-ring (bicyclic) bond motifs is 1. The van der Waals surface area contributed by atoms with E-state index in [4.69, 9.17) is 0 Å². The molecule has 1 aliphatic carbocycles. The van der Waals surface area contributed by atoms with E-state index >= 15 is 0 Å². The van der Waals surface area contributed by atoms with Gasteiger partial charge in [-0.2, -0.15) is 0 Å². The van der Waals surface area contributed by atoms with Gasteiger partial charge in [-0.1, -0.05) is 0 Å². The predicted molar refractivity (Wildman–Crippen MR) is 87.0 cm³/mol. The first-order chi connectivity index (χ1) is 11.8. The fourth-order valence-electron chi connectivity index (χ4n) is 3.37. The minimum absolute atomic E-state index is 0.143. The van der Waals surface area contributed by atoms with Crippen LogP contribution in [0.1, 0.15) is 30.1 Å². The summed E-state index contributed by atoms with van der Waals surface area (Å²) in [6, 6.07) is 0. The Labute approximate surface area is 140 Å². The predicted octanol–water partition coefficient (Wildman–Crippen LogP) is 0.779. The van der Waals surface area contributed by atoms with E-state index in [9.17, 15) is 4.79 Å². The Kier molecular flexibility index (Phi) is 3.16. The summed E-state index contributed by atoms with van der Waals surface area (Å²) >= 11 is 0. The topological polar surface area (TPSA) is 75.9 Å². The van der Waals surface area contributed by atoms with Gasteiger partial charge < -0.3 is 14.8 Å². The lowest BCUT2D eigenvalue weighted by atomic mass is 10.0. The van der Waals surface area contributed by atoms with Crippen LogP contribution in [0.5, 0.6) is 0 Å². The van der Waals surface area contributed by atoms with Crippen LogP contribution in [0.4, 0.5) is 0 Å². The fourth-order valence-corrected chi connectivity index (χ4v) is 3.37. The molecule has 0 atom stereocenters. The van der Waals surface area contributed by atoms with Crippen molar-refractivity contribution in [1.29, 1.82) is 0 Å². The second-order valence-corrected chi connectivity index (χ2v) is 6.97. The lowest BCUT2D eigenvalue weighted by molar-refractivity contribution is -0.138. The molecule has 2 aromatic heterocycles. The second kappa shape index (κ2) is 5.37. The average Bonchev–Trinajstić information content (AvgIpc) is 3.32. The molecule has 24 heavy (non-hydrogen) atoms. The highest BCUT2D eigenvalue weighted by Gasteiger charge is 2.32. The van der Waals surface area contributed by atoms with Gasteiger partial charge >= 0.3 is 0 Å². The molecule has 1 amide bonds. The number of aromatic nitrogens is 4. The zero-order chi connectivity index (χ0) is 16.1. The molecule has 2 fully saturated rings. The third-order valence-electron chi connectivity index (χ3n) is 5.19. The molecule has 0 radical (unpaired) electrons. The molecular weight excluding hydrogens is 304 g/mol. The van der Waals surface area contributed by atoms with Crippen LogP contribution in [-0.2, 0) is 17.9 Å². The smallest absolute Gasteiger partial charge is 0.228 e. The number of rotatable bonds is 3. The Hall–Kier alpha value is -2.28. The van der Waals surface area contributed by atoms with Crippen LogP contribution in [0.2, 0.25) is 0 Å². The molecule has 0 aromatic carbocycles. The fraction of sp³-hybridized carbons (Fsp3) is 0.529. The van der Waals surface area contributed by atoms with Gasteiger partial charge in [0.05, 0.1) is 12.5 Å². The summed E-state index contributed by atoms with van der Waals surface area (Å²) in [7, 11) is 0. The third-order valence-corrected chi connectivity index (χ3v) is 5.19. The largest absolute Gasteiger partial charge is 0.333 e. The average molecular weight is 324 g/mol. The Morgan fingerprint density at radius 1 is 1.17 bits per heavy atom. The van der Waals surface area contributed by atoms with Gasteiger partial charge in [-0.05, 0) is 24.3 Å². The van der Waals surface area contributed by atoms with E-state index in [2.05, 4.69) is 24.8 Å². The molecule has 0 spiro atoms. The molecule has 5 rings (SSSR count). The molecule has 2 aliphatic heterocycles. The molecule has 3 aliphatic rings. The summed E-state index contributed by atoms with van der Waals surface area (Å²) in [5.74, 6) is 2.64. The lowest BCUT2D eigenvalue weighted by Crippen LogP contribution is -2.53. The molecule has 1 saturated carbocycles. The van der Waals surface area contributed by atoms with E-state index in [-0.39, 0.29) is 11.8 Å². The van der Waals surface area contributed by atoms with Crippen molar-refractivity contribution in [3.63, 3.8) is 0 Å². The number of imidazole rings is 1. The summed E-state index contributed by atoms with van der Waals surface area (Å²) in [6.45, 7) is 3.72. The first-order valence-corrected chi connectivity index (χ1v) is 8.66. The zero-order valence-corrected chi connectivity index (χ0v) is 13.5. The van der Waals surface area contributed by atoms with E-state index in [1.807, 2.05) is 23.5 Å². The molecule has 124 valence electrons. The number of hydrogen-bond donors (Lipinski definition) is 1. The molecule has 1 saturated heterocycles. The highest BCUT2D eigenvalue weighted by molar-refractivity contribution is 5.80. The summed E-state index contributed by atoms with van der Waals surface area (Å²) in [6.07, 6.45) is 8.37. The summed E-state index contributed by atoms with van der Waals surface area (Å²) in [5, 5.41) is 3.16. The van der Waals surface area contributed by atoms with Crippen LogP contribution in [0, 0.1) is 5.92 Å². The number of carbonyl (C=O) groups is 1. The highest BCUT2D eigenvalue weighted by Crippen LogP contribution is 2.39. The molecule has 0 bridgehead atoms. The van der Waals surface area contributed by atoms with Gasteiger partial charge in [0.1, 0.15) is 11.5 Å². The Morgan fingerprint density at radius 3 is 2.62 bits per heavy atom. The van der Waals surface area contributed by atoms with Crippen LogP contribution >= 0.6 is 0 Å². The number of carbonyl (C=O) groups excluding carboxylic acids is 1. The minimum Gasteiger partial charge on any atom is -0.333 e. The van der Waals surface area contributed by atoms with Crippen molar-refractivity contribution in [3.05, 3.63) is 30.0 Å². The van der Waals surface area contributed by atoms with Crippen molar-refractivity contribution >= 4 is 5.91 Å². The van der Waals surface area contributed by atoms with Gasteiger partial charge in [0.15, 0.2) is 5.82 Å². The van der Waals surface area contributed by atoms with E-state index in [1.54, 1.807) is 0 Å². The Balaban J connectivity index is 1.35. The summed E-state index contributed by atoms with van der Waals surface area (Å²) < 4.78 is 2.12. The van der Waals surface area contributed by atoms with E-state index < -0.39 is 0 Å². The molecule has 7 nitrogen and oxygen atoms in total. The maximum absolute atomic E-state index is 12.4. The van der Waals surface area contributed by atoms with Crippen LogP contribution in [0.25, 0.3) is 11.5 Å². The Bertz CT molecular complexity index is 775. The van der Waals surface area contributed by atoms with Crippen molar-refractivity contribution in [3.8, 4) is 11.5 Å². The van der Waals surface area contributed by atoms with Crippen molar-refractivity contribution in [2.45, 2.75) is 31.8 Å². The lowest BCUT2D eigenvalue weighted by Gasteiger charge is -2.34. The maximum atomic E-state index is 12.4. The monoisotopic (exact) mass is 324 g/mol. The van der Waals surface area contributed by atoms with Gasteiger partial charge in [0.25, 0.3) is 0 Å². The van der Waals surface area contributed by atoms with E-state index in [0.717, 1.165) is 37.7 Å². The molecule has 0 unspecified atom stereocenters. The normalized spacial score (nSPS) is 20.6. The van der Waals surface area contributed by atoms with Gasteiger partial charge in [-0.25, -0.2) is 15.0 Å². The molecule has 4 heterocycles. The van der Waals surface area contributed by atoms with E-state index in [1.165, 1.54) is 18.4 Å². The van der Waals surface area contributed by atoms with Crippen LogP contribution in [-0.4, -0.2) is 50.0 Å². The number of nitrogens with one attached hydrogen (secondary N) is 1. The maximum Gasteiger partial charge on any atom is 0.228 e. The van der Waals surface area contributed by atoms with Crippen molar-refractivity contribution in [2.75, 3.05) is 19.6 Å². The molecular formula is C17H20N6O. The Morgan fingerprint density at radius 2 is 1.96 bits per heavy atom. The third kappa shape index (κ3) is 2.39. The highest BCUT2D eigenvalue weighted by atomic mass is 16.2. The molecule has 7 heteroatoms. The summed E-state index contributed by atoms with van der Waals surface area (Å²) in [4.78, 5) is 28.0. The van der Waals surface area contributed by atoms with E-state index in [0.29, 0.717) is 18.3 Å². The SMILES string of the molecule is O=C(C1CNC1)N1CCn2cc(-c3ncc(C4CC4)cn3)nc2C1. The number of nitrogens with zero attached hydrogens (tertiary/aromatic N) is 5. The standard InChI is InChI=1S/C17H20N6O/c24-17(13-5-18-6-13)23-4-3-22-9-14(21-15(22)10-23)16-19-7-12(8-20-16)11-1-2-11/h7-9,11,13,18H,1-6,10H2. The van der Waals surface area contributed by atoms with Crippen molar-refractivity contribution < 1.29 is 4.79 Å². The quantitative estimate of drug-likeness (QED) is 0.903. The second-order valence-electron chi connectivity index (χ2n) is 6.97. The van der Waals surface area contributed by atoms with Gasteiger partial charge in [-0.15, -0.1) is 0 Å². The first kappa shape index (κ1) is 14.1. The van der Waals surface area contributed by atoms with Crippen molar-refractivity contribution in [1.82, 2.24) is 29.7 Å². The van der Waals surface area contributed by atoms with Crippen LogP contribution in [0.15, 0.2) is 18.6 Å². The molecule has 1 N–H and O–H groups in total. The number of amides is 1. The van der Waals surface area contributed by atoms with Crippen LogP contribution < -0.4 is 5.32 Å². The van der Waals surface area contributed by atoms with Crippen LogP contribution in [0.3, 0.4) is 0 Å². The van der Waals surface area contributed by atoms with Gasteiger partial charge in [0, 0.05) is 44.8 Å². The van der Waals surface area contributed by atoms with Crippen molar-refractivity contribution in [2.24, 2.45) is 5.92 Å². The summed E-state index contributed by atoms with van der Waals surface area (Å²) in [5.41, 5.74) is 2.03. The molecule has 2 aromatic rings.